The summed E-state index contributed by atoms with van der Waals surface area (Å²) in [5, 5.41) is 12.8. The van der Waals surface area contributed by atoms with Gasteiger partial charge in [-0.05, 0) is 62.0 Å². The summed E-state index contributed by atoms with van der Waals surface area (Å²) >= 11 is 19.7. The second-order valence-corrected chi connectivity index (χ2v) is 10.0. The zero-order chi connectivity index (χ0) is 23.4. The fraction of sp³-hybridized carbons (Fsp3) is 0.348. The van der Waals surface area contributed by atoms with Crippen molar-refractivity contribution in [1.82, 2.24) is 9.78 Å². The first-order valence-corrected chi connectivity index (χ1v) is 12.8. The average molecular weight is 524 g/mol. The maximum absolute atomic E-state index is 12.7. The largest absolute Gasteiger partial charge is 0.462 e. The molecule has 0 unspecified atom stereocenters. The van der Waals surface area contributed by atoms with E-state index >= 15 is 0 Å². The third kappa shape index (κ3) is 5.69. The van der Waals surface area contributed by atoms with Crippen LogP contribution in [0.3, 0.4) is 0 Å². The number of ether oxygens (including phenoxy) is 1. The number of thiocarbonyl (C=S) groups is 1. The molecule has 4 rings (SSSR count). The summed E-state index contributed by atoms with van der Waals surface area (Å²) < 4.78 is 7.04. The lowest BCUT2D eigenvalue weighted by molar-refractivity contribution is 0.0527. The van der Waals surface area contributed by atoms with Crippen molar-refractivity contribution in [3.8, 4) is 0 Å². The van der Waals surface area contributed by atoms with Crippen molar-refractivity contribution in [2.24, 2.45) is 0 Å². The number of carbonyl (C=O) groups excluding carboxylic acids is 1. The molecule has 0 aliphatic heterocycles. The topological polar surface area (TPSA) is 68.2 Å². The van der Waals surface area contributed by atoms with Crippen LogP contribution in [0.15, 0.2) is 30.5 Å². The van der Waals surface area contributed by atoms with Gasteiger partial charge < -0.3 is 15.4 Å². The number of esters is 1. The van der Waals surface area contributed by atoms with Crippen molar-refractivity contribution in [2.45, 2.75) is 45.6 Å². The van der Waals surface area contributed by atoms with Gasteiger partial charge in [0.25, 0.3) is 0 Å². The Labute approximate surface area is 212 Å². The summed E-state index contributed by atoms with van der Waals surface area (Å²) in [4.78, 5) is 14.0. The van der Waals surface area contributed by atoms with Crippen LogP contribution in [0.2, 0.25) is 10.0 Å². The molecule has 0 atom stereocenters. The molecule has 1 aromatic carbocycles. The molecule has 2 N–H and O–H groups in total. The van der Waals surface area contributed by atoms with Gasteiger partial charge in [0.15, 0.2) is 10.9 Å². The van der Waals surface area contributed by atoms with Crippen LogP contribution in [0.25, 0.3) is 0 Å². The Kier molecular flexibility index (Phi) is 7.90. The number of nitrogens with zero attached hydrogens (tertiary/aromatic N) is 2. The highest BCUT2D eigenvalue weighted by Crippen LogP contribution is 2.38. The van der Waals surface area contributed by atoms with Crippen molar-refractivity contribution >= 4 is 68.7 Å². The van der Waals surface area contributed by atoms with Crippen LogP contribution in [-0.2, 0) is 24.1 Å². The van der Waals surface area contributed by atoms with E-state index in [1.54, 1.807) is 22.2 Å². The smallest absolute Gasteiger partial charge is 0.341 e. The molecule has 1 aliphatic rings. The number of benzene rings is 1. The van der Waals surface area contributed by atoms with Gasteiger partial charge in [-0.3, -0.25) is 4.68 Å². The first-order chi connectivity index (χ1) is 16.0. The number of rotatable bonds is 6. The molecule has 174 valence electrons. The molecule has 33 heavy (non-hydrogen) atoms. The Balaban J connectivity index is 1.51. The van der Waals surface area contributed by atoms with E-state index in [0.29, 0.717) is 44.7 Å². The fourth-order valence-corrected chi connectivity index (χ4v) is 5.79. The lowest BCUT2D eigenvalue weighted by Gasteiger charge is -2.11. The number of anilines is 2. The number of thiophene rings is 1. The monoisotopic (exact) mass is 522 g/mol. The molecule has 0 bridgehead atoms. The van der Waals surface area contributed by atoms with Crippen molar-refractivity contribution < 1.29 is 9.53 Å². The summed E-state index contributed by atoms with van der Waals surface area (Å²) in [6.07, 6.45) is 6.91. The van der Waals surface area contributed by atoms with Gasteiger partial charge in [0.2, 0.25) is 0 Å². The minimum atomic E-state index is -0.316. The Hall–Kier alpha value is -2.13. The predicted octanol–water partition coefficient (Wildman–Crippen LogP) is 6.55. The minimum absolute atomic E-state index is 0.307. The number of fused-ring (bicyclic) bond motifs is 1. The number of nitrogens with one attached hydrogen (secondary N) is 2. The molecule has 10 heteroatoms. The molecule has 0 saturated heterocycles. The lowest BCUT2D eigenvalue weighted by Crippen LogP contribution is -2.21. The standard InChI is InChI=1S/C23H24Cl2N4O2S2/c1-2-31-22(30)19-15-9-4-3-5-11-18(15)33-21(19)27-23(32)26-20-17(25)13-29(28-20)12-14-8-6-7-10-16(14)24/h6-8,10,13H,2-5,9,11-12H2,1H3,(H2,26,27,28,32). The zero-order valence-corrected chi connectivity index (χ0v) is 21.3. The van der Waals surface area contributed by atoms with E-state index in [-0.39, 0.29) is 5.97 Å². The number of aromatic nitrogens is 2. The lowest BCUT2D eigenvalue weighted by atomic mass is 10.1. The average Bonchev–Trinajstić information content (AvgIpc) is 3.19. The highest BCUT2D eigenvalue weighted by molar-refractivity contribution is 7.80. The second-order valence-electron chi connectivity index (χ2n) is 7.68. The Bertz CT molecular complexity index is 1180. The van der Waals surface area contributed by atoms with Gasteiger partial charge in [0.05, 0.1) is 18.7 Å². The van der Waals surface area contributed by atoms with Gasteiger partial charge in [-0.1, -0.05) is 47.8 Å². The summed E-state index contributed by atoms with van der Waals surface area (Å²) in [7, 11) is 0. The summed E-state index contributed by atoms with van der Waals surface area (Å²) in [6, 6.07) is 7.58. The van der Waals surface area contributed by atoms with Crippen molar-refractivity contribution in [1.29, 1.82) is 0 Å². The third-order valence-electron chi connectivity index (χ3n) is 5.37. The summed E-state index contributed by atoms with van der Waals surface area (Å²) in [5.74, 6) is 0.112. The van der Waals surface area contributed by atoms with Gasteiger partial charge in [0.1, 0.15) is 10.0 Å². The van der Waals surface area contributed by atoms with E-state index in [1.807, 2.05) is 31.2 Å². The SMILES string of the molecule is CCOC(=O)c1c(NC(=S)Nc2nn(Cc3ccccc3Cl)cc2Cl)sc2c1CCCCC2. The van der Waals surface area contributed by atoms with Gasteiger partial charge in [0, 0.05) is 16.1 Å². The molecule has 0 radical (unpaired) electrons. The van der Waals surface area contributed by atoms with Crippen LogP contribution in [0.4, 0.5) is 10.8 Å². The third-order valence-corrected chi connectivity index (χ3v) is 7.42. The van der Waals surface area contributed by atoms with Crippen LogP contribution >= 0.6 is 46.8 Å². The molecule has 3 aromatic rings. The molecule has 0 amide bonds. The van der Waals surface area contributed by atoms with Crippen LogP contribution < -0.4 is 10.6 Å². The molecular formula is C23H24Cl2N4O2S2. The Morgan fingerprint density at radius 1 is 1.18 bits per heavy atom. The zero-order valence-electron chi connectivity index (χ0n) is 18.1. The van der Waals surface area contributed by atoms with E-state index < -0.39 is 0 Å². The molecule has 0 spiro atoms. The molecule has 2 aromatic heterocycles. The highest BCUT2D eigenvalue weighted by atomic mass is 35.5. The van der Waals surface area contributed by atoms with Crippen LogP contribution in [0.1, 0.15) is 52.5 Å². The molecule has 2 heterocycles. The molecule has 0 fully saturated rings. The van der Waals surface area contributed by atoms with Gasteiger partial charge in [-0.25, -0.2) is 4.79 Å². The highest BCUT2D eigenvalue weighted by Gasteiger charge is 2.26. The van der Waals surface area contributed by atoms with Gasteiger partial charge >= 0.3 is 5.97 Å². The van der Waals surface area contributed by atoms with Crippen LogP contribution in [0, 0.1) is 0 Å². The molecular weight excluding hydrogens is 499 g/mol. The first kappa shape index (κ1) is 24.0. The number of hydrogen-bond acceptors (Lipinski definition) is 5. The number of halogens is 2. The summed E-state index contributed by atoms with van der Waals surface area (Å²) in [6.45, 7) is 2.61. The number of hydrogen-bond donors (Lipinski definition) is 2. The van der Waals surface area contributed by atoms with Gasteiger partial charge in [-0.2, -0.15) is 5.10 Å². The second kappa shape index (κ2) is 10.9. The predicted molar refractivity (Wildman–Crippen MR) is 139 cm³/mol. The quantitative estimate of drug-likeness (QED) is 0.217. The fourth-order valence-electron chi connectivity index (χ4n) is 3.86. The van der Waals surface area contributed by atoms with E-state index in [1.165, 1.54) is 11.3 Å². The Morgan fingerprint density at radius 2 is 1.97 bits per heavy atom. The van der Waals surface area contributed by atoms with E-state index in [2.05, 4.69) is 15.7 Å². The first-order valence-electron chi connectivity index (χ1n) is 10.8. The van der Waals surface area contributed by atoms with Crippen molar-refractivity contribution in [3.63, 3.8) is 0 Å². The molecule has 0 saturated carbocycles. The van der Waals surface area contributed by atoms with Gasteiger partial charge in [-0.15, -0.1) is 11.3 Å². The number of aryl methyl sites for hydroxylation is 1. The van der Waals surface area contributed by atoms with Crippen LogP contribution in [-0.4, -0.2) is 27.5 Å². The van der Waals surface area contributed by atoms with Crippen molar-refractivity contribution in [3.05, 3.63) is 62.1 Å². The molecule has 6 nitrogen and oxygen atoms in total. The summed E-state index contributed by atoms with van der Waals surface area (Å²) in [5.41, 5.74) is 2.62. The Morgan fingerprint density at radius 3 is 2.76 bits per heavy atom. The van der Waals surface area contributed by atoms with E-state index in [0.717, 1.165) is 36.8 Å². The van der Waals surface area contributed by atoms with E-state index in [4.69, 9.17) is 40.2 Å². The van der Waals surface area contributed by atoms with Crippen LogP contribution in [0.5, 0.6) is 0 Å². The maximum atomic E-state index is 12.7. The molecule has 1 aliphatic carbocycles. The number of carbonyl (C=O) groups is 1. The normalized spacial score (nSPS) is 13.2. The van der Waals surface area contributed by atoms with Crippen molar-refractivity contribution in [2.75, 3.05) is 17.2 Å². The van der Waals surface area contributed by atoms with E-state index in [9.17, 15) is 4.79 Å². The minimum Gasteiger partial charge on any atom is -0.462 e. The maximum Gasteiger partial charge on any atom is 0.341 e.